The highest BCUT2D eigenvalue weighted by Crippen LogP contribution is 2.24. The van der Waals surface area contributed by atoms with E-state index in [-0.39, 0.29) is 11.5 Å². The molecule has 0 radical (unpaired) electrons. The van der Waals surface area contributed by atoms with Crippen LogP contribution in [0, 0.1) is 13.8 Å². The van der Waals surface area contributed by atoms with Gasteiger partial charge in [0.25, 0.3) is 5.91 Å². The summed E-state index contributed by atoms with van der Waals surface area (Å²) in [5.74, 6) is -0.915. The number of carbonyl (C=O) groups is 2. The van der Waals surface area contributed by atoms with E-state index in [4.69, 9.17) is 5.11 Å². The van der Waals surface area contributed by atoms with Gasteiger partial charge < -0.3 is 14.6 Å². The lowest BCUT2D eigenvalue weighted by Gasteiger charge is -2.29. The Morgan fingerprint density at radius 2 is 1.92 bits per heavy atom. The van der Waals surface area contributed by atoms with Crippen molar-refractivity contribution < 1.29 is 14.7 Å². The molecular formula is C19H22N2O3. The Morgan fingerprint density at radius 1 is 1.17 bits per heavy atom. The fourth-order valence-electron chi connectivity index (χ4n) is 3.54. The molecule has 0 saturated carbocycles. The van der Waals surface area contributed by atoms with Crippen molar-refractivity contribution in [2.45, 2.75) is 40.3 Å². The zero-order valence-electron chi connectivity index (χ0n) is 14.3. The lowest BCUT2D eigenvalue weighted by atomic mass is 9.97. The van der Waals surface area contributed by atoms with Crippen LogP contribution in [-0.4, -0.2) is 33.0 Å². The number of hydrogen-bond donors (Lipinski definition) is 1. The maximum absolute atomic E-state index is 12.9. The third kappa shape index (κ3) is 2.70. The highest BCUT2D eigenvalue weighted by molar-refractivity contribution is 5.96. The molecule has 2 heterocycles. The van der Waals surface area contributed by atoms with Gasteiger partial charge in [-0.2, -0.15) is 0 Å². The summed E-state index contributed by atoms with van der Waals surface area (Å²) in [7, 11) is 0. The molecular weight excluding hydrogens is 304 g/mol. The molecule has 0 spiro atoms. The average molecular weight is 326 g/mol. The molecule has 3 rings (SSSR count). The van der Waals surface area contributed by atoms with E-state index >= 15 is 0 Å². The Hall–Kier alpha value is -2.56. The van der Waals surface area contributed by atoms with Crippen LogP contribution in [0.1, 0.15) is 50.2 Å². The van der Waals surface area contributed by atoms with Crippen molar-refractivity contribution in [2.75, 3.05) is 6.54 Å². The van der Waals surface area contributed by atoms with Crippen LogP contribution in [0.2, 0.25) is 0 Å². The maximum Gasteiger partial charge on any atom is 0.335 e. The monoisotopic (exact) mass is 326 g/mol. The average Bonchev–Trinajstić information content (AvgIpc) is 2.86. The molecule has 1 aliphatic rings. The zero-order chi connectivity index (χ0) is 17.4. The second kappa shape index (κ2) is 6.15. The van der Waals surface area contributed by atoms with Gasteiger partial charge in [0.1, 0.15) is 0 Å². The lowest BCUT2D eigenvalue weighted by Crippen LogP contribution is -2.36. The molecule has 0 bridgehead atoms. The fraction of sp³-hybridized carbons (Fsp3) is 0.368. The Kier molecular flexibility index (Phi) is 4.18. The second-order valence-corrected chi connectivity index (χ2v) is 6.29. The van der Waals surface area contributed by atoms with Crippen LogP contribution in [0.3, 0.4) is 0 Å². The van der Waals surface area contributed by atoms with Crippen molar-refractivity contribution in [3.05, 3.63) is 57.9 Å². The molecule has 1 aromatic heterocycles. The second-order valence-electron chi connectivity index (χ2n) is 6.29. The van der Waals surface area contributed by atoms with Crippen LogP contribution in [0.15, 0.2) is 24.3 Å². The van der Waals surface area contributed by atoms with E-state index in [9.17, 15) is 9.59 Å². The van der Waals surface area contributed by atoms with E-state index in [1.807, 2.05) is 30.9 Å². The number of benzene rings is 1. The zero-order valence-corrected chi connectivity index (χ0v) is 14.3. The van der Waals surface area contributed by atoms with Gasteiger partial charge in [-0.15, -0.1) is 0 Å². The number of carboxylic acids is 1. The molecule has 24 heavy (non-hydrogen) atoms. The van der Waals surface area contributed by atoms with Gasteiger partial charge in [0.05, 0.1) is 11.1 Å². The molecule has 1 aromatic carbocycles. The Balaban J connectivity index is 1.88. The summed E-state index contributed by atoms with van der Waals surface area (Å²) in [5, 5.41) is 9.15. The molecule has 0 atom stereocenters. The van der Waals surface area contributed by atoms with Gasteiger partial charge in [-0.3, -0.25) is 4.79 Å². The first kappa shape index (κ1) is 16.3. The van der Waals surface area contributed by atoms with Crippen LogP contribution in [0.4, 0.5) is 0 Å². The Bertz CT molecular complexity index is 820. The van der Waals surface area contributed by atoms with Crippen molar-refractivity contribution in [3.63, 3.8) is 0 Å². The largest absolute Gasteiger partial charge is 0.478 e. The molecule has 0 saturated heterocycles. The number of nitrogens with zero attached hydrogens (tertiary/aromatic N) is 2. The molecule has 0 fully saturated rings. The summed E-state index contributed by atoms with van der Waals surface area (Å²) in [6, 6.07) is 7.13. The van der Waals surface area contributed by atoms with Crippen LogP contribution in [-0.2, 0) is 19.5 Å². The first-order valence-electron chi connectivity index (χ1n) is 8.23. The van der Waals surface area contributed by atoms with Gasteiger partial charge in [0.15, 0.2) is 0 Å². The topological polar surface area (TPSA) is 62.5 Å². The molecule has 2 aromatic rings. The Labute approximate surface area is 141 Å². The molecule has 0 unspecified atom stereocenters. The van der Waals surface area contributed by atoms with Crippen LogP contribution in [0.5, 0.6) is 0 Å². The standard InChI is InChI=1S/C19H22N2O3/c1-4-21-12(2)9-17(13(21)3)18(22)20-8-7-14-5-6-15(19(23)24)10-16(14)11-20/h5-6,9-10H,4,7-8,11H2,1-3H3,(H,23,24). The molecule has 1 amide bonds. The number of carbonyl (C=O) groups excluding carboxylic acids is 1. The molecule has 126 valence electrons. The van der Waals surface area contributed by atoms with Gasteiger partial charge in [0.2, 0.25) is 0 Å². The minimum Gasteiger partial charge on any atom is -0.478 e. The molecule has 1 aliphatic heterocycles. The first-order valence-corrected chi connectivity index (χ1v) is 8.23. The predicted molar refractivity (Wildman–Crippen MR) is 91.4 cm³/mol. The first-order chi connectivity index (χ1) is 11.4. The Morgan fingerprint density at radius 3 is 2.54 bits per heavy atom. The van der Waals surface area contributed by atoms with Gasteiger partial charge >= 0.3 is 5.97 Å². The SMILES string of the molecule is CCn1c(C)cc(C(=O)N2CCc3ccc(C(=O)O)cc3C2)c1C. The third-order valence-corrected chi connectivity index (χ3v) is 4.87. The van der Waals surface area contributed by atoms with E-state index in [1.54, 1.807) is 12.1 Å². The minimum atomic E-state index is -0.937. The number of carboxylic acid groups (broad SMARTS) is 1. The summed E-state index contributed by atoms with van der Waals surface area (Å²) in [6.45, 7) is 8.02. The highest BCUT2D eigenvalue weighted by Gasteiger charge is 2.25. The smallest absolute Gasteiger partial charge is 0.335 e. The quantitative estimate of drug-likeness (QED) is 0.943. The molecule has 5 heteroatoms. The normalized spacial score (nSPS) is 13.7. The fourth-order valence-corrected chi connectivity index (χ4v) is 3.54. The van der Waals surface area contributed by atoms with Crippen molar-refractivity contribution in [3.8, 4) is 0 Å². The van der Waals surface area contributed by atoms with Crippen molar-refractivity contribution >= 4 is 11.9 Å². The van der Waals surface area contributed by atoms with Gasteiger partial charge in [0, 0.05) is 31.0 Å². The van der Waals surface area contributed by atoms with E-state index in [1.165, 1.54) is 0 Å². The number of hydrogen-bond acceptors (Lipinski definition) is 2. The molecule has 5 nitrogen and oxygen atoms in total. The molecule has 0 aliphatic carbocycles. The van der Waals surface area contributed by atoms with Crippen molar-refractivity contribution in [1.82, 2.24) is 9.47 Å². The molecule has 1 N–H and O–H groups in total. The van der Waals surface area contributed by atoms with Crippen LogP contribution < -0.4 is 0 Å². The van der Waals surface area contributed by atoms with Gasteiger partial charge in [-0.05, 0) is 56.5 Å². The maximum atomic E-state index is 12.9. The lowest BCUT2D eigenvalue weighted by molar-refractivity contribution is 0.0696. The third-order valence-electron chi connectivity index (χ3n) is 4.87. The van der Waals surface area contributed by atoms with Crippen molar-refractivity contribution in [2.24, 2.45) is 0 Å². The van der Waals surface area contributed by atoms with Crippen LogP contribution in [0.25, 0.3) is 0 Å². The summed E-state index contributed by atoms with van der Waals surface area (Å²) in [5.41, 5.74) is 5.15. The summed E-state index contributed by atoms with van der Waals surface area (Å²) in [6.07, 6.45) is 0.757. The van der Waals surface area contributed by atoms with E-state index in [0.717, 1.165) is 41.0 Å². The van der Waals surface area contributed by atoms with Crippen molar-refractivity contribution in [1.29, 1.82) is 0 Å². The van der Waals surface area contributed by atoms with E-state index < -0.39 is 5.97 Å². The van der Waals surface area contributed by atoms with E-state index in [2.05, 4.69) is 11.5 Å². The number of rotatable bonds is 3. The highest BCUT2D eigenvalue weighted by atomic mass is 16.4. The summed E-state index contributed by atoms with van der Waals surface area (Å²) >= 11 is 0. The summed E-state index contributed by atoms with van der Waals surface area (Å²) in [4.78, 5) is 25.9. The number of fused-ring (bicyclic) bond motifs is 1. The van der Waals surface area contributed by atoms with Gasteiger partial charge in [-0.25, -0.2) is 4.79 Å². The predicted octanol–water partition coefficient (Wildman–Crippen LogP) is 3.02. The minimum absolute atomic E-state index is 0.0224. The number of amides is 1. The number of aromatic nitrogens is 1. The number of aromatic carboxylic acids is 1. The number of aryl methyl sites for hydroxylation is 1. The summed E-state index contributed by atoms with van der Waals surface area (Å²) < 4.78 is 2.13. The van der Waals surface area contributed by atoms with E-state index in [0.29, 0.717) is 13.1 Å². The van der Waals surface area contributed by atoms with Gasteiger partial charge in [-0.1, -0.05) is 6.07 Å². The van der Waals surface area contributed by atoms with Crippen LogP contribution >= 0.6 is 0 Å².